The van der Waals surface area contributed by atoms with Crippen LogP contribution in [-0.2, 0) is 11.3 Å². The quantitative estimate of drug-likeness (QED) is 0.825. The van der Waals surface area contributed by atoms with Crippen molar-refractivity contribution in [3.63, 3.8) is 0 Å². The van der Waals surface area contributed by atoms with Gasteiger partial charge in [0.15, 0.2) is 5.78 Å². The molecule has 4 unspecified atom stereocenters. The van der Waals surface area contributed by atoms with E-state index in [2.05, 4.69) is 23.9 Å². The minimum Gasteiger partial charge on any atom is -0.390 e. The van der Waals surface area contributed by atoms with Crippen molar-refractivity contribution >= 4 is 5.78 Å². The van der Waals surface area contributed by atoms with Crippen LogP contribution in [0.1, 0.15) is 78.6 Å². The fourth-order valence-electron chi connectivity index (χ4n) is 8.54. The van der Waals surface area contributed by atoms with E-state index in [1.807, 2.05) is 6.92 Å². The van der Waals surface area contributed by atoms with E-state index in [1.54, 1.807) is 11.0 Å². The van der Waals surface area contributed by atoms with Crippen LogP contribution in [0.2, 0.25) is 0 Å². The third-order valence-corrected chi connectivity index (χ3v) is 10.1. The van der Waals surface area contributed by atoms with Gasteiger partial charge in [-0.2, -0.15) is 5.10 Å². The minimum absolute atomic E-state index is 0.155. The second-order valence-electron chi connectivity index (χ2n) is 11.6. The van der Waals surface area contributed by atoms with E-state index in [1.165, 1.54) is 44.9 Å². The Labute approximate surface area is 174 Å². The summed E-state index contributed by atoms with van der Waals surface area (Å²) in [6.45, 7) is 7.37. The lowest BCUT2D eigenvalue weighted by molar-refractivity contribution is -0.151. The molecule has 160 valence electrons. The highest BCUT2D eigenvalue weighted by Crippen LogP contribution is 2.68. The molecule has 5 rings (SSSR count). The summed E-state index contributed by atoms with van der Waals surface area (Å²) in [5.74, 6) is 3.43. The molecule has 0 aromatic carbocycles. The average molecular weight is 400 g/mol. The molecule has 4 aliphatic carbocycles. The van der Waals surface area contributed by atoms with Crippen molar-refractivity contribution in [2.75, 3.05) is 0 Å². The van der Waals surface area contributed by atoms with Gasteiger partial charge in [0.05, 0.1) is 5.60 Å². The number of nitrogens with zero attached hydrogens (tertiary/aromatic N) is 3. The van der Waals surface area contributed by atoms with Crippen molar-refractivity contribution in [2.45, 2.75) is 90.7 Å². The van der Waals surface area contributed by atoms with Crippen molar-refractivity contribution in [1.29, 1.82) is 0 Å². The van der Waals surface area contributed by atoms with Crippen molar-refractivity contribution in [3.8, 4) is 0 Å². The Morgan fingerprint density at radius 2 is 1.83 bits per heavy atom. The predicted molar refractivity (Wildman–Crippen MR) is 111 cm³/mol. The molecule has 29 heavy (non-hydrogen) atoms. The van der Waals surface area contributed by atoms with Gasteiger partial charge in [0.2, 0.25) is 0 Å². The molecule has 0 radical (unpaired) electrons. The second-order valence-corrected chi connectivity index (χ2v) is 11.6. The van der Waals surface area contributed by atoms with Crippen LogP contribution in [0, 0.1) is 40.4 Å². The Kier molecular flexibility index (Phi) is 4.51. The number of Topliss-reactive ketones (excluding diaryl/α,β-unsaturated/α-hetero) is 1. The van der Waals surface area contributed by atoms with Crippen LogP contribution in [0.4, 0.5) is 0 Å². The molecule has 0 bridgehead atoms. The molecular formula is C24H37N3O2. The first-order valence-corrected chi connectivity index (χ1v) is 11.8. The van der Waals surface area contributed by atoms with Crippen molar-refractivity contribution in [1.82, 2.24) is 14.8 Å². The van der Waals surface area contributed by atoms with E-state index in [0.717, 1.165) is 31.1 Å². The molecule has 0 spiro atoms. The van der Waals surface area contributed by atoms with Gasteiger partial charge in [-0.05, 0) is 99.2 Å². The summed E-state index contributed by atoms with van der Waals surface area (Å²) < 4.78 is 1.69. The minimum atomic E-state index is -0.466. The molecule has 1 aromatic rings. The van der Waals surface area contributed by atoms with Crippen LogP contribution in [0.3, 0.4) is 0 Å². The number of carbonyl (C=O) groups excluding carboxylic acids is 1. The number of aliphatic hydroxyl groups is 1. The molecule has 4 aliphatic rings. The first-order chi connectivity index (χ1) is 13.7. The van der Waals surface area contributed by atoms with Gasteiger partial charge < -0.3 is 5.11 Å². The van der Waals surface area contributed by atoms with Crippen molar-refractivity contribution < 1.29 is 9.90 Å². The second kappa shape index (κ2) is 6.63. The first kappa shape index (κ1) is 19.7. The monoisotopic (exact) mass is 399 g/mol. The van der Waals surface area contributed by atoms with Gasteiger partial charge in [-0.15, -0.1) is 0 Å². The lowest BCUT2D eigenvalue weighted by atomic mass is 9.44. The summed E-state index contributed by atoms with van der Waals surface area (Å²) >= 11 is 0. The molecule has 8 atom stereocenters. The number of fused-ring (bicyclic) bond motifs is 5. The number of ketones is 1. The first-order valence-electron chi connectivity index (χ1n) is 11.8. The van der Waals surface area contributed by atoms with Gasteiger partial charge in [0.25, 0.3) is 0 Å². The summed E-state index contributed by atoms with van der Waals surface area (Å²) in [4.78, 5) is 17.2. The molecule has 4 saturated carbocycles. The Morgan fingerprint density at radius 3 is 2.59 bits per heavy atom. The third-order valence-electron chi connectivity index (χ3n) is 10.1. The van der Waals surface area contributed by atoms with E-state index in [4.69, 9.17) is 0 Å². The number of aromatic nitrogens is 3. The molecule has 0 saturated heterocycles. The molecule has 4 fully saturated rings. The fraction of sp³-hybridized carbons (Fsp3) is 0.875. The number of carbonyl (C=O) groups is 1. The van der Waals surface area contributed by atoms with Gasteiger partial charge in [0.1, 0.15) is 19.2 Å². The molecule has 1 N–H and O–H groups in total. The Hall–Kier alpha value is -1.23. The molecule has 0 aliphatic heterocycles. The maximum Gasteiger partial charge on any atom is 0.157 e. The molecule has 1 aromatic heterocycles. The summed E-state index contributed by atoms with van der Waals surface area (Å²) in [7, 11) is 0. The van der Waals surface area contributed by atoms with Gasteiger partial charge in [-0.1, -0.05) is 13.8 Å². The third kappa shape index (κ3) is 3.02. The van der Waals surface area contributed by atoms with Gasteiger partial charge in [-0.25, -0.2) is 9.67 Å². The Balaban J connectivity index is 1.36. The molecular weight excluding hydrogens is 362 g/mol. The summed E-state index contributed by atoms with van der Waals surface area (Å²) in [5, 5.41) is 14.8. The van der Waals surface area contributed by atoms with Crippen LogP contribution in [-0.4, -0.2) is 31.3 Å². The highest BCUT2D eigenvalue weighted by atomic mass is 16.3. The highest BCUT2D eigenvalue weighted by Gasteiger charge is 2.61. The number of rotatable bonds is 3. The zero-order chi connectivity index (χ0) is 20.4. The van der Waals surface area contributed by atoms with Gasteiger partial charge >= 0.3 is 0 Å². The molecule has 0 amide bonds. The maximum atomic E-state index is 13.2. The highest BCUT2D eigenvalue weighted by molar-refractivity contribution is 5.82. The number of hydrogen-bond donors (Lipinski definition) is 1. The van der Waals surface area contributed by atoms with Crippen LogP contribution in [0.15, 0.2) is 12.7 Å². The van der Waals surface area contributed by atoms with E-state index < -0.39 is 5.60 Å². The summed E-state index contributed by atoms with van der Waals surface area (Å²) in [6, 6.07) is 0. The molecule has 5 nitrogen and oxygen atoms in total. The Bertz CT molecular complexity index is 775. The fourth-order valence-corrected chi connectivity index (χ4v) is 8.54. The normalized spacial score (nSPS) is 49.2. The SMILES string of the molecule is C[C@@]1(O)CC[C@]2(C)C3CC[C@]4(C)C(C(=O)Cn5cncn5)CCC4C3CC[C@H]2C1. The maximum absolute atomic E-state index is 13.2. The zero-order valence-electron chi connectivity index (χ0n) is 18.3. The number of hydrogen-bond acceptors (Lipinski definition) is 4. The van der Waals surface area contributed by atoms with E-state index in [-0.39, 0.29) is 11.3 Å². The molecule has 5 heteroatoms. The van der Waals surface area contributed by atoms with E-state index in [0.29, 0.717) is 29.6 Å². The average Bonchev–Trinajstić information content (AvgIpc) is 3.29. The lowest BCUT2D eigenvalue weighted by Crippen LogP contribution is -2.55. The lowest BCUT2D eigenvalue weighted by Gasteiger charge is -2.61. The summed E-state index contributed by atoms with van der Waals surface area (Å²) in [5.41, 5.74) is 0.0733. The van der Waals surface area contributed by atoms with Crippen LogP contribution >= 0.6 is 0 Å². The largest absolute Gasteiger partial charge is 0.390 e. The van der Waals surface area contributed by atoms with Crippen molar-refractivity contribution in [3.05, 3.63) is 12.7 Å². The van der Waals surface area contributed by atoms with Gasteiger partial charge in [-0.3, -0.25) is 4.79 Å². The predicted octanol–water partition coefficient (Wildman–Crippen LogP) is 4.26. The van der Waals surface area contributed by atoms with Gasteiger partial charge in [0, 0.05) is 5.92 Å². The van der Waals surface area contributed by atoms with Crippen LogP contribution in [0.5, 0.6) is 0 Å². The zero-order valence-corrected chi connectivity index (χ0v) is 18.3. The standard InChI is InChI=1S/C24H37N3O2/c1-22(29)10-11-23(2)16(12-22)4-5-17-18-6-7-20(24(18,3)9-8-19(17)23)21(28)13-27-15-25-14-26-27/h14-20,29H,4-13H2,1-3H3/t16-,17?,18?,19?,20?,22+,23-,24-/m0/s1. The van der Waals surface area contributed by atoms with Crippen LogP contribution < -0.4 is 0 Å². The van der Waals surface area contributed by atoms with E-state index >= 15 is 0 Å². The smallest absolute Gasteiger partial charge is 0.157 e. The van der Waals surface area contributed by atoms with Crippen LogP contribution in [0.25, 0.3) is 0 Å². The Morgan fingerprint density at radius 1 is 1.03 bits per heavy atom. The topological polar surface area (TPSA) is 68.0 Å². The summed E-state index contributed by atoms with van der Waals surface area (Å²) in [6.07, 6.45) is 13.5. The van der Waals surface area contributed by atoms with E-state index in [9.17, 15) is 9.90 Å². The molecule has 1 heterocycles. The van der Waals surface area contributed by atoms with Crippen molar-refractivity contribution in [2.24, 2.45) is 40.4 Å².